The molecule has 1 atom stereocenters. The zero-order chi connectivity index (χ0) is 10.7. The molecule has 0 fully saturated rings. The van der Waals surface area contributed by atoms with Crippen LogP contribution in [-0.2, 0) is 4.79 Å². The van der Waals surface area contributed by atoms with Crippen LogP contribution in [0.3, 0.4) is 0 Å². The van der Waals surface area contributed by atoms with E-state index in [1.54, 1.807) is 18.3 Å². The molecule has 0 bridgehead atoms. The van der Waals surface area contributed by atoms with E-state index in [-0.39, 0.29) is 5.92 Å². The first-order valence-corrected chi connectivity index (χ1v) is 5.23. The number of aliphatic carboxylic acids is 1. The van der Waals surface area contributed by atoms with Crippen molar-refractivity contribution in [1.82, 2.24) is 4.98 Å². The third kappa shape index (κ3) is 2.70. The molecule has 0 saturated carbocycles. The molecule has 0 aliphatic heterocycles. The van der Waals surface area contributed by atoms with Crippen molar-refractivity contribution in [3.05, 3.63) is 10.6 Å². The minimum Gasteiger partial charge on any atom is -0.481 e. The van der Waals surface area contributed by atoms with Crippen molar-refractivity contribution in [1.29, 1.82) is 0 Å². The molecular formula is C9H14N2O2S. The minimum absolute atomic E-state index is 0.389. The molecule has 78 valence electrons. The first kappa shape index (κ1) is 11.0. The number of carbonyl (C=O) groups is 1. The average Bonchev–Trinajstić information content (AvgIpc) is 2.42. The van der Waals surface area contributed by atoms with Crippen LogP contribution in [0.25, 0.3) is 0 Å². The maximum Gasteiger partial charge on any atom is 0.308 e. The molecule has 5 heteroatoms. The number of aryl methyl sites for hydroxylation is 2. The number of carboxylic acids is 1. The third-order valence-corrected chi connectivity index (χ3v) is 3.04. The van der Waals surface area contributed by atoms with Crippen molar-refractivity contribution in [2.24, 2.45) is 5.92 Å². The summed E-state index contributed by atoms with van der Waals surface area (Å²) < 4.78 is 0. The van der Waals surface area contributed by atoms with E-state index in [1.807, 2.05) is 13.8 Å². The highest BCUT2D eigenvalue weighted by Crippen LogP contribution is 2.21. The molecule has 1 unspecified atom stereocenters. The second-order valence-electron chi connectivity index (χ2n) is 3.28. The van der Waals surface area contributed by atoms with Crippen molar-refractivity contribution in [3.63, 3.8) is 0 Å². The molecule has 0 spiro atoms. The van der Waals surface area contributed by atoms with Crippen LogP contribution in [0.5, 0.6) is 0 Å². The Morgan fingerprint density at radius 3 is 2.71 bits per heavy atom. The normalized spacial score (nSPS) is 12.5. The standard InChI is InChI=1S/C9H14N2O2S/c1-5(8(12)13)4-10-9-11-6(2)7(3)14-9/h5H,4H2,1-3H3,(H,10,11)(H,12,13). The topological polar surface area (TPSA) is 62.2 Å². The number of rotatable bonds is 4. The van der Waals surface area contributed by atoms with Crippen LogP contribution in [-0.4, -0.2) is 22.6 Å². The summed E-state index contributed by atoms with van der Waals surface area (Å²) in [6.07, 6.45) is 0. The van der Waals surface area contributed by atoms with Gasteiger partial charge in [-0.05, 0) is 13.8 Å². The van der Waals surface area contributed by atoms with E-state index in [1.165, 1.54) is 0 Å². The van der Waals surface area contributed by atoms with Gasteiger partial charge in [0.2, 0.25) is 0 Å². The molecule has 0 aliphatic carbocycles. The molecule has 4 nitrogen and oxygen atoms in total. The van der Waals surface area contributed by atoms with E-state index in [2.05, 4.69) is 10.3 Å². The lowest BCUT2D eigenvalue weighted by Crippen LogP contribution is -2.19. The van der Waals surface area contributed by atoms with Crippen LogP contribution < -0.4 is 5.32 Å². The Kier molecular flexibility index (Phi) is 3.46. The van der Waals surface area contributed by atoms with Crippen LogP contribution in [0.4, 0.5) is 5.13 Å². The Morgan fingerprint density at radius 2 is 2.29 bits per heavy atom. The summed E-state index contributed by atoms with van der Waals surface area (Å²) in [7, 11) is 0. The van der Waals surface area contributed by atoms with Crippen LogP contribution >= 0.6 is 11.3 Å². The molecule has 14 heavy (non-hydrogen) atoms. The molecule has 1 aromatic heterocycles. The Balaban J connectivity index is 2.50. The van der Waals surface area contributed by atoms with Gasteiger partial charge in [0, 0.05) is 11.4 Å². The van der Waals surface area contributed by atoms with Crippen molar-refractivity contribution in [2.75, 3.05) is 11.9 Å². The summed E-state index contributed by atoms with van der Waals surface area (Å²) in [5.74, 6) is -1.18. The van der Waals surface area contributed by atoms with Crippen LogP contribution in [0.1, 0.15) is 17.5 Å². The van der Waals surface area contributed by atoms with Gasteiger partial charge in [-0.25, -0.2) is 4.98 Å². The number of anilines is 1. The molecule has 2 N–H and O–H groups in total. The quantitative estimate of drug-likeness (QED) is 0.803. The van der Waals surface area contributed by atoms with E-state index < -0.39 is 5.97 Å². The van der Waals surface area contributed by atoms with E-state index in [0.717, 1.165) is 15.7 Å². The number of aromatic nitrogens is 1. The maximum atomic E-state index is 10.5. The van der Waals surface area contributed by atoms with Crippen molar-refractivity contribution < 1.29 is 9.90 Å². The van der Waals surface area contributed by atoms with Crippen LogP contribution in [0, 0.1) is 19.8 Å². The number of nitrogens with zero attached hydrogens (tertiary/aromatic N) is 1. The molecule has 1 rings (SSSR count). The lowest BCUT2D eigenvalue weighted by Gasteiger charge is -2.05. The van der Waals surface area contributed by atoms with Gasteiger partial charge in [0.15, 0.2) is 5.13 Å². The fraction of sp³-hybridized carbons (Fsp3) is 0.556. The predicted octanol–water partition coefficient (Wildman–Crippen LogP) is 1.89. The molecule has 1 heterocycles. The first-order valence-electron chi connectivity index (χ1n) is 4.41. The summed E-state index contributed by atoms with van der Waals surface area (Å²) in [5, 5.41) is 12.5. The second-order valence-corrected chi connectivity index (χ2v) is 4.48. The van der Waals surface area contributed by atoms with Crippen molar-refractivity contribution >= 4 is 22.4 Å². The van der Waals surface area contributed by atoms with E-state index in [4.69, 9.17) is 5.11 Å². The molecule has 0 aromatic carbocycles. The van der Waals surface area contributed by atoms with Gasteiger partial charge in [-0.1, -0.05) is 6.92 Å². The van der Waals surface area contributed by atoms with Crippen molar-refractivity contribution in [3.8, 4) is 0 Å². The highest BCUT2D eigenvalue weighted by Gasteiger charge is 2.11. The van der Waals surface area contributed by atoms with Gasteiger partial charge in [-0.3, -0.25) is 4.79 Å². The summed E-state index contributed by atoms with van der Waals surface area (Å²) in [4.78, 5) is 16.0. The van der Waals surface area contributed by atoms with Gasteiger partial charge in [-0.2, -0.15) is 0 Å². The van der Waals surface area contributed by atoms with Gasteiger partial charge in [0.05, 0.1) is 11.6 Å². The fourth-order valence-electron chi connectivity index (χ4n) is 0.876. The molecule has 1 aromatic rings. The van der Waals surface area contributed by atoms with Crippen LogP contribution in [0.15, 0.2) is 0 Å². The molecule has 0 saturated heterocycles. The van der Waals surface area contributed by atoms with E-state index in [0.29, 0.717) is 6.54 Å². The Bertz CT molecular complexity index is 316. The molecule has 0 aliphatic rings. The molecular weight excluding hydrogens is 200 g/mol. The van der Waals surface area contributed by atoms with Gasteiger partial charge in [0.1, 0.15) is 0 Å². The fourth-order valence-corrected chi connectivity index (χ4v) is 1.70. The highest BCUT2D eigenvalue weighted by atomic mass is 32.1. The summed E-state index contributed by atoms with van der Waals surface area (Å²) in [6.45, 7) is 6.03. The SMILES string of the molecule is Cc1nc(NCC(C)C(=O)O)sc1C. The Labute approximate surface area is 87.0 Å². The highest BCUT2D eigenvalue weighted by molar-refractivity contribution is 7.15. The summed E-state index contributed by atoms with van der Waals surface area (Å²) in [6, 6.07) is 0. The average molecular weight is 214 g/mol. The largest absolute Gasteiger partial charge is 0.481 e. The van der Waals surface area contributed by atoms with E-state index >= 15 is 0 Å². The monoisotopic (exact) mass is 214 g/mol. The summed E-state index contributed by atoms with van der Waals surface area (Å²) in [5.41, 5.74) is 1.00. The Morgan fingerprint density at radius 1 is 1.64 bits per heavy atom. The predicted molar refractivity (Wildman–Crippen MR) is 56.9 cm³/mol. The number of thiazole rings is 1. The van der Waals surface area contributed by atoms with Crippen molar-refractivity contribution in [2.45, 2.75) is 20.8 Å². The lowest BCUT2D eigenvalue weighted by molar-refractivity contribution is -0.140. The lowest BCUT2D eigenvalue weighted by atomic mass is 10.2. The maximum absolute atomic E-state index is 10.5. The van der Waals surface area contributed by atoms with Gasteiger partial charge >= 0.3 is 5.97 Å². The zero-order valence-corrected chi connectivity index (χ0v) is 9.31. The summed E-state index contributed by atoms with van der Waals surface area (Å²) >= 11 is 1.55. The Hall–Kier alpha value is -1.10. The van der Waals surface area contributed by atoms with E-state index in [9.17, 15) is 4.79 Å². The smallest absolute Gasteiger partial charge is 0.308 e. The first-order chi connectivity index (χ1) is 6.50. The number of nitrogens with one attached hydrogen (secondary N) is 1. The minimum atomic E-state index is -0.789. The third-order valence-electron chi connectivity index (χ3n) is 2.01. The second kappa shape index (κ2) is 4.41. The van der Waals surface area contributed by atoms with Gasteiger partial charge < -0.3 is 10.4 Å². The number of hydrogen-bond donors (Lipinski definition) is 2. The molecule has 0 radical (unpaired) electrons. The molecule has 0 amide bonds. The number of carboxylic acid groups (broad SMARTS) is 1. The number of hydrogen-bond acceptors (Lipinski definition) is 4. The van der Waals surface area contributed by atoms with Crippen LogP contribution in [0.2, 0.25) is 0 Å². The zero-order valence-electron chi connectivity index (χ0n) is 8.50. The van der Waals surface area contributed by atoms with Gasteiger partial charge in [-0.15, -0.1) is 11.3 Å². The van der Waals surface area contributed by atoms with Gasteiger partial charge in [0.25, 0.3) is 0 Å².